The molecule has 2 atom stereocenters. The van der Waals surface area contributed by atoms with Gasteiger partial charge in [-0.15, -0.1) is 0 Å². The first kappa shape index (κ1) is 13.3. The summed E-state index contributed by atoms with van der Waals surface area (Å²) in [7, 11) is 0. The van der Waals surface area contributed by atoms with Gasteiger partial charge in [0.25, 0.3) is 0 Å². The second-order valence-electron chi connectivity index (χ2n) is 5.78. The van der Waals surface area contributed by atoms with E-state index in [-0.39, 0.29) is 23.7 Å². The number of likely N-dealkylation sites (tertiary alicyclic amines) is 1. The highest BCUT2D eigenvalue weighted by Crippen LogP contribution is 2.25. The van der Waals surface area contributed by atoms with Crippen molar-refractivity contribution in [2.75, 3.05) is 26.2 Å². The van der Waals surface area contributed by atoms with Crippen LogP contribution in [0.5, 0.6) is 0 Å². The molecule has 2 rings (SSSR count). The van der Waals surface area contributed by atoms with Crippen LogP contribution in [0.1, 0.15) is 26.2 Å². The number of primary amides is 1. The zero-order valence-electron chi connectivity index (χ0n) is 11.0. The second-order valence-corrected chi connectivity index (χ2v) is 5.78. The molecule has 0 aromatic carbocycles. The van der Waals surface area contributed by atoms with E-state index in [0.717, 1.165) is 13.1 Å². The van der Waals surface area contributed by atoms with Gasteiger partial charge in [0.15, 0.2) is 0 Å². The van der Waals surface area contributed by atoms with Gasteiger partial charge >= 0.3 is 0 Å². The lowest BCUT2D eigenvalue weighted by molar-refractivity contribution is -0.124. The number of nitrogens with one attached hydrogen (secondary N) is 1. The Balaban J connectivity index is 1.69. The molecule has 2 amide bonds. The molecule has 0 spiro atoms. The van der Waals surface area contributed by atoms with Gasteiger partial charge in [0, 0.05) is 19.6 Å². The Morgan fingerprint density at radius 1 is 1.33 bits per heavy atom. The minimum Gasteiger partial charge on any atom is -0.369 e. The third-order valence-electron chi connectivity index (χ3n) is 4.23. The second kappa shape index (κ2) is 5.69. The van der Waals surface area contributed by atoms with Gasteiger partial charge in [-0.1, -0.05) is 13.3 Å². The van der Waals surface area contributed by atoms with E-state index in [1.165, 1.54) is 19.3 Å². The van der Waals surface area contributed by atoms with E-state index in [0.29, 0.717) is 19.0 Å². The van der Waals surface area contributed by atoms with E-state index in [9.17, 15) is 9.59 Å². The topological polar surface area (TPSA) is 75.4 Å². The van der Waals surface area contributed by atoms with Gasteiger partial charge < -0.3 is 11.1 Å². The summed E-state index contributed by atoms with van der Waals surface area (Å²) in [6.45, 7) is 4.61. The van der Waals surface area contributed by atoms with E-state index in [4.69, 9.17) is 5.73 Å². The Bertz CT molecular complexity index is 328. The Morgan fingerprint density at radius 3 is 2.56 bits per heavy atom. The highest BCUT2D eigenvalue weighted by atomic mass is 16.2. The lowest BCUT2D eigenvalue weighted by atomic mass is 9.85. The molecule has 0 bridgehead atoms. The number of hydrogen-bond acceptors (Lipinski definition) is 3. The van der Waals surface area contributed by atoms with Crippen LogP contribution in [-0.4, -0.2) is 42.9 Å². The molecule has 0 radical (unpaired) electrons. The molecule has 5 heteroatoms. The van der Waals surface area contributed by atoms with Crippen LogP contribution >= 0.6 is 0 Å². The van der Waals surface area contributed by atoms with Crippen molar-refractivity contribution in [3.8, 4) is 0 Å². The maximum Gasteiger partial charge on any atom is 0.234 e. The smallest absolute Gasteiger partial charge is 0.234 e. The van der Waals surface area contributed by atoms with Crippen molar-refractivity contribution in [2.45, 2.75) is 26.2 Å². The van der Waals surface area contributed by atoms with Crippen molar-refractivity contribution in [1.29, 1.82) is 0 Å². The van der Waals surface area contributed by atoms with Crippen molar-refractivity contribution in [1.82, 2.24) is 10.2 Å². The van der Waals surface area contributed by atoms with Crippen LogP contribution < -0.4 is 11.1 Å². The predicted molar refractivity (Wildman–Crippen MR) is 68.6 cm³/mol. The molecule has 1 aliphatic carbocycles. The molecule has 0 unspecified atom stereocenters. The molecule has 2 fully saturated rings. The number of rotatable bonds is 5. The average molecular weight is 253 g/mol. The SMILES string of the molecule is C[C@@H]1CN(CC(=O)NCC2CCC2)C[C@H]1C(N)=O. The Kier molecular flexibility index (Phi) is 4.22. The summed E-state index contributed by atoms with van der Waals surface area (Å²) in [6.07, 6.45) is 3.78. The van der Waals surface area contributed by atoms with Crippen LogP contribution in [0.15, 0.2) is 0 Å². The van der Waals surface area contributed by atoms with Gasteiger partial charge in [0.1, 0.15) is 0 Å². The number of nitrogens with zero attached hydrogens (tertiary/aromatic N) is 1. The highest BCUT2D eigenvalue weighted by Gasteiger charge is 2.34. The highest BCUT2D eigenvalue weighted by molar-refractivity contribution is 5.79. The number of nitrogens with two attached hydrogens (primary N) is 1. The van der Waals surface area contributed by atoms with E-state index in [1.807, 2.05) is 11.8 Å². The number of carbonyl (C=O) groups is 2. The number of hydrogen-bond donors (Lipinski definition) is 2. The first-order chi connectivity index (χ1) is 8.56. The maximum atomic E-state index is 11.8. The van der Waals surface area contributed by atoms with Crippen molar-refractivity contribution < 1.29 is 9.59 Å². The van der Waals surface area contributed by atoms with Crippen LogP contribution in [0.3, 0.4) is 0 Å². The van der Waals surface area contributed by atoms with Crippen LogP contribution in [0, 0.1) is 17.8 Å². The zero-order chi connectivity index (χ0) is 13.1. The van der Waals surface area contributed by atoms with E-state index in [1.54, 1.807) is 0 Å². The molecule has 0 aromatic heterocycles. The minimum absolute atomic E-state index is 0.0687. The average Bonchev–Trinajstić information content (AvgIpc) is 2.57. The molecule has 102 valence electrons. The number of carbonyl (C=O) groups excluding carboxylic acids is 2. The molecule has 18 heavy (non-hydrogen) atoms. The summed E-state index contributed by atoms with van der Waals surface area (Å²) in [5.74, 6) is 0.648. The summed E-state index contributed by atoms with van der Waals surface area (Å²) in [5.41, 5.74) is 5.34. The number of amides is 2. The zero-order valence-corrected chi connectivity index (χ0v) is 11.0. The summed E-state index contributed by atoms with van der Waals surface area (Å²) >= 11 is 0. The lowest BCUT2D eigenvalue weighted by Gasteiger charge is -2.25. The summed E-state index contributed by atoms with van der Waals surface area (Å²) in [5, 5.41) is 2.97. The maximum absolute atomic E-state index is 11.8. The van der Waals surface area contributed by atoms with Crippen molar-refractivity contribution in [3.63, 3.8) is 0 Å². The quantitative estimate of drug-likeness (QED) is 0.721. The molecule has 1 heterocycles. The minimum atomic E-state index is -0.250. The largest absolute Gasteiger partial charge is 0.369 e. The van der Waals surface area contributed by atoms with Crippen molar-refractivity contribution in [3.05, 3.63) is 0 Å². The summed E-state index contributed by atoms with van der Waals surface area (Å²) in [6, 6.07) is 0. The normalized spacial score (nSPS) is 28.9. The van der Waals surface area contributed by atoms with Crippen LogP contribution in [0.4, 0.5) is 0 Å². The van der Waals surface area contributed by atoms with E-state index in [2.05, 4.69) is 5.32 Å². The Labute approximate surface area is 108 Å². The Hall–Kier alpha value is -1.10. The fourth-order valence-electron chi connectivity index (χ4n) is 2.78. The van der Waals surface area contributed by atoms with Gasteiger partial charge in [-0.3, -0.25) is 14.5 Å². The molecule has 1 saturated carbocycles. The fraction of sp³-hybridized carbons (Fsp3) is 0.846. The Morgan fingerprint density at radius 2 is 2.06 bits per heavy atom. The standard InChI is InChI=1S/C13H23N3O2/c1-9-6-16(7-11(9)13(14)18)8-12(17)15-5-10-3-2-4-10/h9-11H,2-8H2,1H3,(H2,14,18)(H,15,17)/t9-,11-/m1/s1. The first-order valence-electron chi connectivity index (χ1n) is 6.84. The third kappa shape index (κ3) is 3.22. The van der Waals surface area contributed by atoms with Gasteiger partial charge in [-0.25, -0.2) is 0 Å². The summed E-state index contributed by atoms with van der Waals surface area (Å²) < 4.78 is 0. The molecule has 5 nitrogen and oxygen atoms in total. The van der Waals surface area contributed by atoms with Gasteiger partial charge in [-0.2, -0.15) is 0 Å². The van der Waals surface area contributed by atoms with Crippen LogP contribution in [0.25, 0.3) is 0 Å². The fourth-order valence-corrected chi connectivity index (χ4v) is 2.78. The van der Waals surface area contributed by atoms with Crippen molar-refractivity contribution in [2.24, 2.45) is 23.5 Å². The first-order valence-corrected chi connectivity index (χ1v) is 6.84. The monoisotopic (exact) mass is 253 g/mol. The molecule has 1 saturated heterocycles. The molecular weight excluding hydrogens is 230 g/mol. The van der Waals surface area contributed by atoms with Crippen LogP contribution in [-0.2, 0) is 9.59 Å². The van der Waals surface area contributed by atoms with E-state index >= 15 is 0 Å². The van der Waals surface area contributed by atoms with Crippen LogP contribution in [0.2, 0.25) is 0 Å². The molecule has 0 aromatic rings. The molecule has 1 aliphatic heterocycles. The van der Waals surface area contributed by atoms with Crippen molar-refractivity contribution >= 4 is 11.8 Å². The van der Waals surface area contributed by atoms with E-state index < -0.39 is 0 Å². The third-order valence-corrected chi connectivity index (χ3v) is 4.23. The lowest BCUT2D eigenvalue weighted by Crippen LogP contribution is -2.39. The summed E-state index contributed by atoms with van der Waals surface area (Å²) in [4.78, 5) is 25.0. The predicted octanol–water partition coefficient (Wildman–Crippen LogP) is -0.0441. The molecular formula is C13H23N3O2. The molecule has 3 N–H and O–H groups in total. The molecule has 2 aliphatic rings. The van der Waals surface area contributed by atoms with Gasteiger partial charge in [0.2, 0.25) is 11.8 Å². The van der Waals surface area contributed by atoms with Gasteiger partial charge in [-0.05, 0) is 24.7 Å². The van der Waals surface area contributed by atoms with Gasteiger partial charge in [0.05, 0.1) is 12.5 Å².